The number of hydrogen-bond donors (Lipinski definition) is 1. The van der Waals surface area contributed by atoms with Gasteiger partial charge in [-0.05, 0) is 75.9 Å². The van der Waals surface area contributed by atoms with Gasteiger partial charge in [-0.3, -0.25) is 9.59 Å². The van der Waals surface area contributed by atoms with Crippen LogP contribution in [0.15, 0.2) is 48.0 Å². The van der Waals surface area contributed by atoms with Crippen molar-refractivity contribution in [1.29, 1.82) is 0 Å². The smallest absolute Gasteiger partial charge is 0.295 e. The molecule has 1 N–H and O–H groups in total. The minimum atomic E-state index is -0.818. The molecule has 1 aliphatic rings. The number of carbonyl (C=O) groups is 2. The van der Waals surface area contributed by atoms with Crippen LogP contribution in [0.2, 0.25) is 0 Å². The van der Waals surface area contributed by atoms with Crippen molar-refractivity contribution in [3.8, 4) is 11.5 Å². The summed E-state index contributed by atoms with van der Waals surface area (Å²) in [6.07, 6.45) is 0.640. The maximum Gasteiger partial charge on any atom is 0.295 e. The summed E-state index contributed by atoms with van der Waals surface area (Å²) in [5.74, 6) is -1.29. The van der Waals surface area contributed by atoms with E-state index < -0.39 is 23.5 Å². The Bertz CT molecular complexity index is 1050. The summed E-state index contributed by atoms with van der Waals surface area (Å²) >= 11 is 0. The Balaban J connectivity index is 2.12. The van der Waals surface area contributed by atoms with E-state index >= 15 is 0 Å². The van der Waals surface area contributed by atoms with Crippen molar-refractivity contribution < 1.29 is 28.6 Å². The molecule has 0 unspecified atom stereocenters. The third-order valence-corrected chi connectivity index (χ3v) is 5.47. The summed E-state index contributed by atoms with van der Waals surface area (Å²) < 4.78 is 24.4. The highest BCUT2D eigenvalue weighted by Crippen LogP contribution is 2.42. The monoisotopic (exact) mass is 456 g/mol. The minimum absolute atomic E-state index is 0.0392. The number of carbonyl (C=O) groups excluding carboxylic acids is 2. The highest BCUT2D eigenvalue weighted by Gasteiger charge is 2.46. The lowest BCUT2D eigenvalue weighted by atomic mass is 9.95. The van der Waals surface area contributed by atoms with Gasteiger partial charge >= 0.3 is 0 Å². The third kappa shape index (κ3) is 5.17. The standard InChI is InChI=1S/C25H29FN2O5/c1-5-33-19-12-9-17(15-20(19)32-4)22-21(23(29)16-7-10-18(26)11-8-16)24(30)25(31)28(22)14-6-13-27(2)3/h7-12,15,22,29H,5-6,13-14H2,1-4H3/t22-/m0/s1. The number of methoxy groups -OCH3 is 1. The first-order chi connectivity index (χ1) is 15.8. The molecule has 0 radical (unpaired) electrons. The SMILES string of the molecule is CCOc1ccc([C@H]2C(=C(O)c3ccc(F)cc3)C(=O)C(=O)N2CCCN(C)C)cc1OC. The first kappa shape index (κ1) is 24.3. The van der Waals surface area contributed by atoms with Gasteiger partial charge in [-0.15, -0.1) is 0 Å². The van der Waals surface area contributed by atoms with Gasteiger partial charge in [-0.25, -0.2) is 4.39 Å². The van der Waals surface area contributed by atoms with Gasteiger partial charge < -0.3 is 24.4 Å². The van der Waals surface area contributed by atoms with Gasteiger partial charge in [0.15, 0.2) is 11.5 Å². The van der Waals surface area contributed by atoms with Crippen LogP contribution in [0.4, 0.5) is 4.39 Å². The van der Waals surface area contributed by atoms with Crippen molar-refractivity contribution in [2.75, 3.05) is 40.9 Å². The van der Waals surface area contributed by atoms with Crippen LogP contribution in [0.25, 0.3) is 5.76 Å². The number of halogens is 1. The molecule has 1 fully saturated rings. The molecule has 0 bridgehead atoms. The number of ketones is 1. The maximum absolute atomic E-state index is 13.4. The van der Waals surface area contributed by atoms with E-state index in [9.17, 15) is 19.1 Å². The fourth-order valence-electron chi connectivity index (χ4n) is 3.91. The van der Waals surface area contributed by atoms with E-state index in [2.05, 4.69) is 0 Å². The first-order valence-electron chi connectivity index (χ1n) is 10.8. The Morgan fingerprint density at radius 1 is 1.12 bits per heavy atom. The second-order valence-corrected chi connectivity index (χ2v) is 8.00. The van der Waals surface area contributed by atoms with Crippen LogP contribution in [-0.4, -0.2) is 67.5 Å². The van der Waals surface area contributed by atoms with Crippen molar-refractivity contribution in [1.82, 2.24) is 9.80 Å². The molecular weight excluding hydrogens is 427 g/mol. The van der Waals surface area contributed by atoms with Crippen molar-refractivity contribution in [3.63, 3.8) is 0 Å². The van der Waals surface area contributed by atoms with Crippen LogP contribution in [0.1, 0.15) is 30.5 Å². The van der Waals surface area contributed by atoms with Gasteiger partial charge in [0.2, 0.25) is 0 Å². The summed E-state index contributed by atoms with van der Waals surface area (Å²) in [5, 5.41) is 11.0. The number of aliphatic hydroxyl groups is 1. The van der Waals surface area contributed by atoms with Crippen LogP contribution >= 0.6 is 0 Å². The summed E-state index contributed by atoms with van der Waals surface area (Å²) in [5.41, 5.74) is 0.816. The number of likely N-dealkylation sites (tertiary alicyclic amines) is 1. The van der Waals surface area contributed by atoms with Crippen molar-refractivity contribution >= 4 is 17.4 Å². The van der Waals surface area contributed by atoms with Gasteiger partial charge in [0, 0.05) is 12.1 Å². The van der Waals surface area contributed by atoms with Crippen molar-refractivity contribution in [3.05, 3.63) is 65.0 Å². The zero-order valence-corrected chi connectivity index (χ0v) is 19.3. The van der Waals surface area contributed by atoms with Crippen molar-refractivity contribution in [2.24, 2.45) is 0 Å². The van der Waals surface area contributed by atoms with Gasteiger partial charge in [-0.2, -0.15) is 0 Å². The second kappa shape index (κ2) is 10.5. The molecule has 33 heavy (non-hydrogen) atoms. The van der Waals surface area contributed by atoms with Gasteiger partial charge in [0.05, 0.1) is 25.3 Å². The molecule has 2 aromatic carbocycles. The highest BCUT2D eigenvalue weighted by atomic mass is 19.1. The molecule has 7 nitrogen and oxygen atoms in total. The Morgan fingerprint density at radius 2 is 1.82 bits per heavy atom. The largest absolute Gasteiger partial charge is 0.507 e. The average Bonchev–Trinajstić information content (AvgIpc) is 3.04. The van der Waals surface area contributed by atoms with Gasteiger partial charge in [0.25, 0.3) is 11.7 Å². The molecule has 3 rings (SSSR count). The lowest BCUT2D eigenvalue weighted by Crippen LogP contribution is -2.32. The number of nitrogens with zero attached hydrogens (tertiary/aromatic N) is 2. The van der Waals surface area contributed by atoms with E-state index in [1.807, 2.05) is 25.9 Å². The summed E-state index contributed by atoms with van der Waals surface area (Å²) in [7, 11) is 5.36. The number of hydrogen-bond acceptors (Lipinski definition) is 6. The fraction of sp³-hybridized carbons (Fsp3) is 0.360. The van der Waals surface area contributed by atoms with E-state index in [-0.39, 0.29) is 16.9 Å². The number of benzene rings is 2. The van der Waals surface area contributed by atoms with Crippen LogP contribution < -0.4 is 9.47 Å². The Labute approximate surface area is 193 Å². The normalized spacial score (nSPS) is 17.6. The molecule has 0 saturated carbocycles. The number of aliphatic hydroxyl groups excluding tert-OH is 1. The molecule has 176 valence electrons. The van der Waals surface area contributed by atoms with E-state index in [0.717, 1.165) is 6.54 Å². The zero-order valence-electron chi connectivity index (χ0n) is 19.3. The summed E-state index contributed by atoms with van der Waals surface area (Å²) in [4.78, 5) is 29.5. The molecule has 1 heterocycles. The van der Waals surface area contributed by atoms with Gasteiger partial charge in [-0.1, -0.05) is 6.07 Å². The van der Waals surface area contributed by atoms with Crippen LogP contribution in [-0.2, 0) is 9.59 Å². The van der Waals surface area contributed by atoms with E-state index in [1.165, 1.54) is 36.3 Å². The van der Waals surface area contributed by atoms with Gasteiger partial charge in [0.1, 0.15) is 11.6 Å². The predicted molar refractivity (Wildman–Crippen MR) is 123 cm³/mol. The predicted octanol–water partition coefficient (Wildman–Crippen LogP) is 3.61. The molecule has 1 amide bonds. The second-order valence-electron chi connectivity index (χ2n) is 8.00. The first-order valence-corrected chi connectivity index (χ1v) is 10.8. The zero-order chi connectivity index (χ0) is 24.1. The molecular formula is C25H29FN2O5. The van der Waals surface area contributed by atoms with E-state index in [1.54, 1.807) is 18.2 Å². The lowest BCUT2D eigenvalue weighted by Gasteiger charge is -2.26. The molecule has 1 aliphatic heterocycles. The minimum Gasteiger partial charge on any atom is -0.507 e. The molecule has 1 saturated heterocycles. The Morgan fingerprint density at radius 3 is 2.42 bits per heavy atom. The molecule has 1 atom stereocenters. The lowest BCUT2D eigenvalue weighted by molar-refractivity contribution is -0.139. The van der Waals surface area contributed by atoms with E-state index in [4.69, 9.17) is 9.47 Å². The average molecular weight is 457 g/mol. The Kier molecular flexibility index (Phi) is 7.71. The molecule has 2 aromatic rings. The van der Waals surface area contributed by atoms with E-state index in [0.29, 0.717) is 36.6 Å². The number of amides is 1. The summed E-state index contributed by atoms with van der Waals surface area (Å²) in [6, 6.07) is 9.49. The van der Waals surface area contributed by atoms with Crippen molar-refractivity contribution in [2.45, 2.75) is 19.4 Å². The Hall–Kier alpha value is -3.39. The molecule has 0 aromatic heterocycles. The fourth-order valence-corrected chi connectivity index (χ4v) is 3.91. The maximum atomic E-state index is 13.4. The van der Waals surface area contributed by atoms with Crippen LogP contribution in [0.3, 0.4) is 0 Å². The number of Topliss-reactive ketones (excluding diaryl/α,β-unsaturated/α-hetero) is 1. The summed E-state index contributed by atoms with van der Waals surface area (Å²) in [6.45, 7) is 3.35. The van der Waals surface area contributed by atoms with Crippen LogP contribution in [0.5, 0.6) is 11.5 Å². The highest BCUT2D eigenvalue weighted by molar-refractivity contribution is 6.46. The van der Waals surface area contributed by atoms with Crippen LogP contribution in [0, 0.1) is 5.82 Å². The number of ether oxygens (including phenoxy) is 2. The topological polar surface area (TPSA) is 79.3 Å². The quantitative estimate of drug-likeness (QED) is 0.353. The molecule has 8 heteroatoms. The molecule has 0 aliphatic carbocycles. The molecule has 0 spiro atoms. The number of rotatable bonds is 9. The third-order valence-electron chi connectivity index (χ3n) is 5.47.